The molecule has 0 aliphatic rings. The minimum Gasteiger partial charge on any atom is -0.396 e. The van der Waals surface area contributed by atoms with Gasteiger partial charge in [0.05, 0.1) is 0 Å². The van der Waals surface area contributed by atoms with Gasteiger partial charge in [0.1, 0.15) is 6.04 Å². The summed E-state index contributed by atoms with van der Waals surface area (Å²) in [6.45, 7) is 0.408. The van der Waals surface area contributed by atoms with Crippen molar-refractivity contribution >= 4 is 11.8 Å². The molecule has 0 aliphatic heterocycles. The van der Waals surface area contributed by atoms with Crippen molar-refractivity contribution in [3.05, 3.63) is 35.9 Å². The lowest BCUT2D eigenvalue weighted by molar-refractivity contribution is -0.157. The molecule has 0 bridgehead atoms. The molecule has 2 nitrogen and oxygen atoms in total. The van der Waals surface area contributed by atoms with E-state index in [9.17, 15) is 13.2 Å². The minimum absolute atomic E-state index is 0.121. The molecule has 0 aromatic heterocycles. The van der Waals surface area contributed by atoms with E-state index in [0.717, 1.165) is 5.75 Å². The highest BCUT2D eigenvalue weighted by molar-refractivity contribution is 7.99. The maximum absolute atomic E-state index is 12.9. The van der Waals surface area contributed by atoms with Gasteiger partial charge < -0.3 is 10.4 Å². The summed E-state index contributed by atoms with van der Waals surface area (Å²) >= 11 is 1.54. The fourth-order valence-electron chi connectivity index (χ4n) is 1.61. The Hall–Kier alpha value is -0.720. The molecule has 0 amide bonds. The van der Waals surface area contributed by atoms with Crippen molar-refractivity contribution in [3.63, 3.8) is 0 Å². The molecule has 19 heavy (non-hydrogen) atoms. The van der Waals surface area contributed by atoms with Gasteiger partial charge >= 0.3 is 6.18 Å². The third-order valence-electron chi connectivity index (χ3n) is 2.50. The number of hydrogen-bond donors (Lipinski definition) is 2. The minimum atomic E-state index is -4.29. The number of aliphatic hydroxyl groups is 1. The van der Waals surface area contributed by atoms with Gasteiger partial charge in [0.25, 0.3) is 0 Å². The molecule has 2 N–H and O–H groups in total. The molecule has 0 saturated heterocycles. The summed E-state index contributed by atoms with van der Waals surface area (Å²) in [6, 6.07) is 6.24. The van der Waals surface area contributed by atoms with E-state index >= 15 is 0 Å². The Morgan fingerprint density at radius 2 is 1.84 bits per heavy atom. The van der Waals surface area contributed by atoms with Gasteiger partial charge in [-0.2, -0.15) is 24.9 Å². The monoisotopic (exact) mass is 293 g/mol. The first-order valence-corrected chi connectivity index (χ1v) is 7.25. The Kier molecular flexibility index (Phi) is 7.27. The van der Waals surface area contributed by atoms with Gasteiger partial charge in [0.15, 0.2) is 0 Å². The van der Waals surface area contributed by atoms with Crippen LogP contribution < -0.4 is 5.32 Å². The highest BCUT2D eigenvalue weighted by atomic mass is 32.2. The molecule has 0 fully saturated rings. The van der Waals surface area contributed by atoms with Crippen molar-refractivity contribution in [2.45, 2.75) is 18.6 Å². The molecule has 1 aromatic carbocycles. The van der Waals surface area contributed by atoms with Crippen LogP contribution in [0, 0.1) is 0 Å². The summed E-state index contributed by atoms with van der Waals surface area (Å²) in [6.07, 6.45) is -3.62. The lowest BCUT2D eigenvalue weighted by Gasteiger charge is -2.22. The smallest absolute Gasteiger partial charge is 0.396 e. The second-order valence-electron chi connectivity index (χ2n) is 4.03. The summed E-state index contributed by atoms with van der Waals surface area (Å²) in [5.41, 5.74) is 0.232. The normalized spacial score (nSPS) is 13.5. The van der Waals surface area contributed by atoms with E-state index in [1.54, 1.807) is 18.2 Å². The van der Waals surface area contributed by atoms with Crippen molar-refractivity contribution < 1.29 is 18.3 Å². The average Bonchev–Trinajstić information content (AvgIpc) is 2.37. The topological polar surface area (TPSA) is 32.3 Å². The van der Waals surface area contributed by atoms with Crippen LogP contribution in [0.15, 0.2) is 30.3 Å². The maximum Gasteiger partial charge on any atom is 0.407 e. The number of thioether (sulfide) groups is 1. The zero-order valence-corrected chi connectivity index (χ0v) is 11.3. The first-order chi connectivity index (χ1) is 9.05. The molecule has 108 valence electrons. The molecule has 0 saturated carbocycles. The first kappa shape index (κ1) is 16.3. The van der Waals surface area contributed by atoms with Gasteiger partial charge in [0, 0.05) is 18.9 Å². The third-order valence-corrected chi connectivity index (χ3v) is 3.57. The summed E-state index contributed by atoms with van der Waals surface area (Å²) < 4.78 is 38.8. The van der Waals surface area contributed by atoms with E-state index in [0.29, 0.717) is 12.2 Å². The van der Waals surface area contributed by atoms with Gasteiger partial charge in [-0.15, -0.1) is 0 Å². The summed E-state index contributed by atoms with van der Waals surface area (Å²) in [5.74, 6) is 1.36. The highest BCUT2D eigenvalue weighted by Gasteiger charge is 2.40. The molecular weight excluding hydrogens is 275 g/mol. The van der Waals surface area contributed by atoms with Crippen molar-refractivity contribution in [2.24, 2.45) is 0 Å². The standard InChI is InChI=1S/C13H18F3NOS/c14-13(15,16)12(11-5-2-1-3-6-11)17-7-10-19-9-4-8-18/h1-3,5-6,12,17-18H,4,7-10H2. The van der Waals surface area contributed by atoms with Gasteiger partial charge in [-0.1, -0.05) is 30.3 Å². The van der Waals surface area contributed by atoms with Crippen LogP contribution in [0.1, 0.15) is 18.0 Å². The molecule has 1 unspecified atom stereocenters. The quantitative estimate of drug-likeness (QED) is 0.723. The first-order valence-electron chi connectivity index (χ1n) is 6.09. The fraction of sp³-hybridized carbons (Fsp3) is 0.538. The Labute approximate surface area is 115 Å². The third kappa shape index (κ3) is 6.31. The Morgan fingerprint density at radius 3 is 2.42 bits per heavy atom. The van der Waals surface area contributed by atoms with Crippen LogP contribution >= 0.6 is 11.8 Å². The van der Waals surface area contributed by atoms with Crippen LogP contribution in [0.3, 0.4) is 0 Å². The van der Waals surface area contributed by atoms with E-state index in [2.05, 4.69) is 5.32 Å². The van der Waals surface area contributed by atoms with E-state index in [1.807, 2.05) is 0 Å². The van der Waals surface area contributed by atoms with Crippen LogP contribution in [-0.4, -0.2) is 35.9 Å². The lowest BCUT2D eigenvalue weighted by atomic mass is 10.1. The van der Waals surface area contributed by atoms with Crippen LogP contribution in [-0.2, 0) is 0 Å². The van der Waals surface area contributed by atoms with Gasteiger partial charge in [-0.05, 0) is 17.7 Å². The number of nitrogens with one attached hydrogen (secondary N) is 1. The highest BCUT2D eigenvalue weighted by Crippen LogP contribution is 2.32. The second kappa shape index (κ2) is 8.45. The van der Waals surface area contributed by atoms with Crippen LogP contribution in [0.2, 0.25) is 0 Å². The molecular formula is C13H18F3NOS. The number of aliphatic hydroxyl groups excluding tert-OH is 1. The van der Waals surface area contributed by atoms with Crippen molar-refractivity contribution in [2.75, 3.05) is 24.7 Å². The molecule has 1 rings (SSSR count). The molecule has 0 radical (unpaired) electrons. The number of rotatable bonds is 8. The number of halogens is 3. The predicted octanol–water partition coefficient (Wildman–Crippen LogP) is 3.00. The predicted molar refractivity (Wildman–Crippen MR) is 72.3 cm³/mol. The summed E-state index contributed by atoms with van der Waals surface area (Å²) in [4.78, 5) is 0. The molecule has 1 aromatic rings. The summed E-state index contributed by atoms with van der Waals surface area (Å²) in [7, 11) is 0. The Morgan fingerprint density at radius 1 is 1.16 bits per heavy atom. The molecule has 6 heteroatoms. The number of hydrogen-bond acceptors (Lipinski definition) is 3. The largest absolute Gasteiger partial charge is 0.407 e. The molecule has 0 aliphatic carbocycles. The van der Waals surface area contributed by atoms with E-state index in [4.69, 9.17) is 5.11 Å². The second-order valence-corrected chi connectivity index (χ2v) is 5.25. The van der Waals surface area contributed by atoms with Crippen molar-refractivity contribution in [3.8, 4) is 0 Å². The Balaban J connectivity index is 2.44. The SMILES string of the molecule is OCCCSCCNC(c1ccccc1)C(F)(F)F. The number of alkyl halides is 3. The van der Waals surface area contributed by atoms with Crippen LogP contribution in [0.25, 0.3) is 0 Å². The number of benzene rings is 1. The van der Waals surface area contributed by atoms with Crippen LogP contribution in [0.5, 0.6) is 0 Å². The molecule has 0 heterocycles. The molecule has 0 spiro atoms. The van der Waals surface area contributed by atoms with Gasteiger partial charge in [-0.3, -0.25) is 0 Å². The zero-order valence-electron chi connectivity index (χ0n) is 10.5. The summed E-state index contributed by atoms with van der Waals surface area (Å²) in [5, 5.41) is 11.1. The maximum atomic E-state index is 12.9. The Bertz CT molecular complexity index is 345. The van der Waals surface area contributed by atoms with Crippen molar-refractivity contribution in [1.29, 1.82) is 0 Å². The molecule has 1 atom stereocenters. The zero-order chi connectivity index (χ0) is 14.1. The van der Waals surface area contributed by atoms with Crippen LogP contribution in [0.4, 0.5) is 13.2 Å². The average molecular weight is 293 g/mol. The van der Waals surface area contributed by atoms with Gasteiger partial charge in [0.2, 0.25) is 0 Å². The van der Waals surface area contributed by atoms with E-state index < -0.39 is 12.2 Å². The van der Waals surface area contributed by atoms with E-state index in [-0.39, 0.29) is 18.7 Å². The lowest BCUT2D eigenvalue weighted by Crippen LogP contribution is -2.35. The van der Waals surface area contributed by atoms with Crippen molar-refractivity contribution in [1.82, 2.24) is 5.32 Å². The van der Waals surface area contributed by atoms with Gasteiger partial charge in [-0.25, -0.2) is 0 Å². The fourth-order valence-corrected chi connectivity index (χ4v) is 2.41. The van der Waals surface area contributed by atoms with E-state index in [1.165, 1.54) is 23.9 Å².